The highest BCUT2D eigenvalue weighted by Gasteiger charge is 2.24. The fourth-order valence-corrected chi connectivity index (χ4v) is 9.68. The number of aliphatic imine (C=N–C) groups is 2. The predicted molar refractivity (Wildman–Crippen MR) is 238 cm³/mol. The number of benzene rings is 8. The molecule has 11 aromatic rings. The van der Waals surface area contributed by atoms with Gasteiger partial charge in [-0.1, -0.05) is 127 Å². The number of furan rings is 1. The molecule has 6 heteroatoms. The summed E-state index contributed by atoms with van der Waals surface area (Å²) in [7, 11) is 0. The molecule has 0 bridgehead atoms. The van der Waals surface area contributed by atoms with Crippen LogP contribution in [0, 0.1) is 0 Å². The van der Waals surface area contributed by atoms with Gasteiger partial charge in [0.1, 0.15) is 23.2 Å². The van der Waals surface area contributed by atoms with Gasteiger partial charge in [-0.3, -0.25) is 0 Å². The van der Waals surface area contributed by atoms with Crippen LogP contribution in [0.3, 0.4) is 0 Å². The van der Waals surface area contributed by atoms with E-state index in [0.717, 1.165) is 50.0 Å². The third-order valence-electron chi connectivity index (χ3n) is 11.3. The standard InChI is InChI=1S/C51H32N4OS/c1-3-12-31(13-4-1)49-52-50(32-14-5-2-6-15-32)54-51(53-49)40-19-11-18-39-41-28-33(22-26-45(41)56-48(39)40)34-23-27-46-42(29-34)38-25-24-35(30-47(38)57-46)55-43-20-9-7-16-36(43)37-17-8-10-21-44(37)55/h1-30,49H,(H,52,53,54). The van der Waals surface area contributed by atoms with Crippen molar-refractivity contribution >= 4 is 86.9 Å². The molecule has 0 radical (unpaired) electrons. The second-order valence-electron chi connectivity index (χ2n) is 14.6. The number of hydrogen-bond donors (Lipinski definition) is 1. The number of rotatable bonds is 5. The molecule has 8 aromatic carbocycles. The van der Waals surface area contributed by atoms with Crippen molar-refractivity contribution < 1.29 is 4.42 Å². The van der Waals surface area contributed by atoms with Gasteiger partial charge in [-0.05, 0) is 71.3 Å². The van der Waals surface area contributed by atoms with E-state index in [9.17, 15) is 0 Å². The molecule has 0 saturated heterocycles. The van der Waals surface area contributed by atoms with Crippen molar-refractivity contribution in [2.45, 2.75) is 6.17 Å². The molecule has 1 unspecified atom stereocenters. The van der Waals surface area contributed by atoms with E-state index in [0.29, 0.717) is 5.84 Å². The predicted octanol–water partition coefficient (Wildman–Crippen LogP) is 13.2. The van der Waals surface area contributed by atoms with Crippen LogP contribution in [0.2, 0.25) is 0 Å². The van der Waals surface area contributed by atoms with Crippen LogP contribution in [0.5, 0.6) is 0 Å². The van der Waals surface area contributed by atoms with E-state index < -0.39 is 0 Å². The summed E-state index contributed by atoms with van der Waals surface area (Å²) in [4.78, 5) is 10.2. The van der Waals surface area contributed by atoms with Crippen molar-refractivity contribution in [3.05, 3.63) is 199 Å². The van der Waals surface area contributed by atoms with Gasteiger partial charge in [-0.15, -0.1) is 11.3 Å². The van der Waals surface area contributed by atoms with Gasteiger partial charge in [0.25, 0.3) is 0 Å². The maximum atomic E-state index is 6.65. The summed E-state index contributed by atoms with van der Waals surface area (Å²) in [5, 5.41) is 10.8. The number of thiophene rings is 1. The van der Waals surface area contributed by atoms with Crippen molar-refractivity contribution in [1.29, 1.82) is 0 Å². The Labute approximate surface area is 331 Å². The number of para-hydroxylation sites is 3. The Hall–Kier alpha value is -7.28. The molecule has 12 rings (SSSR count). The third kappa shape index (κ3) is 5.15. The van der Waals surface area contributed by atoms with E-state index in [1.807, 2.05) is 47.7 Å². The van der Waals surface area contributed by atoms with Gasteiger partial charge < -0.3 is 14.3 Å². The number of nitrogens with zero attached hydrogens (tertiary/aromatic N) is 3. The molecule has 4 heterocycles. The first-order valence-corrected chi connectivity index (χ1v) is 20.0. The molecule has 0 amide bonds. The van der Waals surface area contributed by atoms with Gasteiger partial charge in [0.05, 0.1) is 16.6 Å². The Morgan fingerprint density at radius 1 is 0.509 bits per heavy atom. The molecular weight excluding hydrogens is 717 g/mol. The second-order valence-corrected chi connectivity index (χ2v) is 15.7. The number of aromatic nitrogens is 1. The Balaban J connectivity index is 0.946. The summed E-state index contributed by atoms with van der Waals surface area (Å²) in [5.41, 5.74) is 10.5. The van der Waals surface area contributed by atoms with Gasteiger partial charge in [0.2, 0.25) is 0 Å². The molecule has 0 fully saturated rings. The van der Waals surface area contributed by atoms with E-state index in [1.54, 1.807) is 0 Å². The summed E-state index contributed by atoms with van der Waals surface area (Å²) in [6, 6.07) is 64.5. The highest BCUT2D eigenvalue weighted by Crippen LogP contribution is 2.41. The summed E-state index contributed by atoms with van der Waals surface area (Å²) in [5.74, 6) is 1.42. The average Bonchev–Trinajstić information content (AvgIpc) is 3.95. The Morgan fingerprint density at radius 3 is 1.98 bits per heavy atom. The average molecular weight is 749 g/mol. The second kappa shape index (κ2) is 12.6. The van der Waals surface area contributed by atoms with Crippen LogP contribution in [0.4, 0.5) is 0 Å². The van der Waals surface area contributed by atoms with E-state index in [1.165, 1.54) is 53.2 Å². The first-order valence-electron chi connectivity index (χ1n) is 19.2. The lowest BCUT2D eigenvalue weighted by Crippen LogP contribution is -2.33. The SMILES string of the molecule is c1ccc(C2=NC(c3cccc4c3oc3ccc(-c5ccc6sc7cc(-n8c9ccccc9c9ccccc98)ccc7c6c5)cc34)=NC(c3ccccc3)N2)cc1. The van der Waals surface area contributed by atoms with Crippen LogP contribution < -0.4 is 5.32 Å². The van der Waals surface area contributed by atoms with Gasteiger partial charge in [0, 0.05) is 53.0 Å². The first kappa shape index (κ1) is 32.0. The quantitative estimate of drug-likeness (QED) is 0.191. The molecule has 0 spiro atoms. The molecule has 0 saturated carbocycles. The number of hydrogen-bond acceptors (Lipinski definition) is 5. The first-order chi connectivity index (χ1) is 28.2. The molecule has 57 heavy (non-hydrogen) atoms. The molecule has 1 aliphatic heterocycles. The zero-order chi connectivity index (χ0) is 37.5. The number of amidine groups is 2. The van der Waals surface area contributed by atoms with Crippen LogP contribution in [0.15, 0.2) is 196 Å². The van der Waals surface area contributed by atoms with Gasteiger partial charge in [0.15, 0.2) is 5.84 Å². The largest absolute Gasteiger partial charge is 0.455 e. The van der Waals surface area contributed by atoms with E-state index >= 15 is 0 Å². The molecule has 0 aliphatic carbocycles. The van der Waals surface area contributed by atoms with Crippen LogP contribution in [-0.4, -0.2) is 16.2 Å². The number of fused-ring (bicyclic) bond motifs is 9. The molecule has 1 aliphatic rings. The maximum Gasteiger partial charge on any atom is 0.163 e. The Morgan fingerprint density at radius 2 is 1.19 bits per heavy atom. The molecular formula is C51H32N4OS. The van der Waals surface area contributed by atoms with Crippen molar-refractivity contribution in [2.75, 3.05) is 0 Å². The number of nitrogens with one attached hydrogen (secondary N) is 1. The van der Waals surface area contributed by atoms with Crippen LogP contribution in [0.1, 0.15) is 22.9 Å². The highest BCUT2D eigenvalue weighted by molar-refractivity contribution is 7.25. The topological polar surface area (TPSA) is 54.8 Å². The molecule has 1 atom stereocenters. The third-order valence-corrected chi connectivity index (χ3v) is 12.4. The van der Waals surface area contributed by atoms with Crippen molar-refractivity contribution in [3.8, 4) is 16.8 Å². The lowest BCUT2D eigenvalue weighted by molar-refractivity contribution is 0.663. The van der Waals surface area contributed by atoms with Crippen molar-refractivity contribution in [3.63, 3.8) is 0 Å². The van der Waals surface area contributed by atoms with E-state index in [-0.39, 0.29) is 6.17 Å². The lowest BCUT2D eigenvalue weighted by atomic mass is 10.00. The normalized spacial score (nSPS) is 14.5. The maximum absolute atomic E-state index is 6.65. The molecule has 268 valence electrons. The fourth-order valence-electron chi connectivity index (χ4n) is 8.56. The molecule has 5 nitrogen and oxygen atoms in total. The summed E-state index contributed by atoms with van der Waals surface area (Å²) in [6.07, 6.45) is -0.288. The van der Waals surface area contributed by atoms with Crippen molar-refractivity contribution in [2.24, 2.45) is 9.98 Å². The summed E-state index contributed by atoms with van der Waals surface area (Å²) in [6.45, 7) is 0. The van der Waals surface area contributed by atoms with E-state index in [2.05, 4.69) is 155 Å². The zero-order valence-corrected chi connectivity index (χ0v) is 31.4. The van der Waals surface area contributed by atoms with Crippen LogP contribution in [-0.2, 0) is 0 Å². The van der Waals surface area contributed by atoms with Gasteiger partial charge in [-0.25, -0.2) is 9.98 Å². The lowest BCUT2D eigenvalue weighted by Gasteiger charge is -2.23. The smallest absolute Gasteiger partial charge is 0.163 e. The Kier molecular flexibility index (Phi) is 7.09. The summed E-state index contributed by atoms with van der Waals surface area (Å²) < 4.78 is 11.6. The van der Waals surface area contributed by atoms with Crippen molar-refractivity contribution in [1.82, 2.24) is 9.88 Å². The monoisotopic (exact) mass is 748 g/mol. The van der Waals surface area contributed by atoms with Gasteiger partial charge >= 0.3 is 0 Å². The van der Waals surface area contributed by atoms with Gasteiger partial charge in [-0.2, -0.15) is 0 Å². The highest BCUT2D eigenvalue weighted by atomic mass is 32.1. The minimum absolute atomic E-state index is 0.288. The minimum atomic E-state index is -0.288. The fraction of sp³-hybridized carbons (Fsp3) is 0.0196. The molecule has 1 N–H and O–H groups in total. The minimum Gasteiger partial charge on any atom is -0.455 e. The Bertz CT molecular complexity index is 3390. The summed E-state index contributed by atoms with van der Waals surface area (Å²) >= 11 is 1.85. The van der Waals surface area contributed by atoms with E-state index in [4.69, 9.17) is 14.4 Å². The zero-order valence-electron chi connectivity index (χ0n) is 30.6. The van der Waals surface area contributed by atoms with Crippen LogP contribution in [0.25, 0.3) is 80.7 Å². The van der Waals surface area contributed by atoms with Crippen LogP contribution >= 0.6 is 11.3 Å². The molecule has 3 aromatic heterocycles.